The van der Waals surface area contributed by atoms with Gasteiger partial charge in [0.1, 0.15) is 5.60 Å². The largest absolute Gasteiger partial charge is 0.390 e. The van der Waals surface area contributed by atoms with E-state index < -0.39 is 0 Å². The third-order valence-electron chi connectivity index (χ3n) is 3.96. The van der Waals surface area contributed by atoms with Crippen molar-refractivity contribution in [3.05, 3.63) is 0 Å². The smallest absolute Gasteiger partial charge is 0.120 e. The number of ether oxygens (including phenoxy) is 1. The lowest BCUT2D eigenvalue weighted by Crippen LogP contribution is -2.34. The predicted molar refractivity (Wildman–Crippen MR) is 60.8 cm³/mol. The van der Waals surface area contributed by atoms with Gasteiger partial charge in [0.15, 0.2) is 0 Å². The number of fused-ring (bicyclic) bond motifs is 1. The molecule has 88 valence electrons. The van der Waals surface area contributed by atoms with Gasteiger partial charge in [-0.25, -0.2) is 0 Å². The Morgan fingerprint density at radius 1 is 1.33 bits per heavy atom. The van der Waals surface area contributed by atoms with Crippen molar-refractivity contribution >= 4 is 0 Å². The van der Waals surface area contributed by atoms with E-state index in [9.17, 15) is 5.11 Å². The highest BCUT2D eigenvalue weighted by atomic mass is 16.6. The molecule has 1 aliphatic heterocycles. The summed E-state index contributed by atoms with van der Waals surface area (Å²) in [5.74, 6) is 0.747. The highest BCUT2D eigenvalue weighted by Gasteiger charge is 2.61. The topological polar surface area (TPSA) is 32.8 Å². The fraction of sp³-hybridized carbons (Fsp3) is 1.00. The second-order valence-corrected chi connectivity index (χ2v) is 5.65. The second kappa shape index (κ2) is 4.42. The Bertz CT molecular complexity index is 215. The molecule has 15 heavy (non-hydrogen) atoms. The quantitative estimate of drug-likeness (QED) is 0.711. The summed E-state index contributed by atoms with van der Waals surface area (Å²) in [6.07, 6.45) is 8.23. The van der Waals surface area contributed by atoms with E-state index in [4.69, 9.17) is 4.74 Å². The van der Waals surface area contributed by atoms with Crippen LogP contribution >= 0.6 is 0 Å². The Morgan fingerprint density at radius 3 is 2.80 bits per heavy atom. The average Bonchev–Trinajstić information content (AvgIpc) is 2.92. The van der Waals surface area contributed by atoms with E-state index in [1.807, 2.05) is 0 Å². The third kappa shape index (κ3) is 2.36. The first kappa shape index (κ1) is 11.4. The molecule has 1 saturated carbocycles. The molecule has 2 nitrogen and oxygen atoms in total. The molecule has 1 heterocycles. The lowest BCUT2D eigenvalue weighted by atomic mass is 9.83. The Hall–Kier alpha value is -0.0800. The molecule has 3 atom stereocenters. The zero-order chi connectivity index (χ0) is 10.9. The Balaban J connectivity index is 1.74. The third-order valence-corrected chi connectivity index (χ3v) is 3.96. The lowest BCUT2D eigenvalue weighted by molar-refractivity contribution is 0.0578. The van der Waals surface area contributed by atoms with E-state index in [2.05, 4.69) is 13.8 Å². The van der Waals surface area contributed by atoms with Crippen molar-refractivity contribution in [2.24, 2.45) is 5.92 Å². The molecular formula is C13H24O2. The molecule has 0 amide bonds. The molecule has 3 unspecified atom stereocenters. The van der Waals surface area contributed by atoms with Crippen molar-refractivity contribution in [2.45, 2.75) is 76.6 Å². The minimum Gasteiger partial charge on any atom is -0.390 e. The van der Waals surface area contributed by atoms with Gasteiger partial charge in [0, 0.05) is 0 Å². The Labute approximate surface area is 93.0 Å². The van der Waals surface area contributed by atoms with Gasteiger partial charge in [0.2, 0.25) is 0 Å². The maximum Gasteiger partial charge on any atom is 0.120 e. The van der Waals surface area contributed by atoms with Crippen molar-refractivity contribution in [3.63, 3.8) is 0 Å². The fourth-order valence-corrected chi connectivity index (χ4v) is 2.91. The zero-order valence-corrected chi connectivity index (χ0v) is 10.0. The molecule has 1 saturated heterocycles. The molecule has 1 N–H and O–H groups in total. The molecule has 2 aliphatic rings. The number of epoxide rings is 1. The van der Waals surface area contributed by atoms with Crippen LogP contribution in [-0.2, 0) is 4.74 Å². The van der Waals surface area contributed by atoms with E-state index in [1.54, 1.807) is 0 Å². The van der Waals surface area contributed by atoms with Crippen molar-refractivity contribution in [2.75, 3.05) is 0 Å². The minimum atomic E-state index is -0.207. The van der Waals surface area contributed by atoms with Crippen LogP contribution in [0.4, 0.5) is 0 Å². The van der Waals surface area contributed by atoms with Crippen LogP contribution in [0.2, 0.25) is 0 Å². The summed E-state index contributed by atoms with van der Waals surface area (Å²) in [6.45, 7) is 4.48. The first-order chi connectivity index (χ1) is 7.15. The van der Waals surface area contributed by atoms with Gasteiger partial charge >= 0.3 is 0 Å². The molecule has 2 fully saturated rings. The number of rotatable bonds is 5. The van der Waals surface area contributed by atoms with Gasteiger partial charge in [0.25, 0.3) is 0 Å². The van der Waals surface area contributed by atoms with Gasteiger partial charge in [-0.2, -0.15) is 0 Å². The standard InChI is InChI=1S/C13H24O2/c1-10(2)6-5-7-11(14)13-9-4-3-8-12(13)15-13/h10-12,14H,3-9H2,1-2H3. The van der Waals surface area contributed by atoms with Crippen LogP contribution in [0.5, 0.6) is 0 Å². The number of hydrogen-bond donors (Lipinski definition) is 1. The van der Waals surface area contributed by atoms with Crippen LogP contribution in [0, 0.1) is 5.92 Å². The monoisotopic (exact) mass is 212 g/mol. The summed E-state index contributed by atoms with van der Waals surface area (Å²) in [5, 5.41) is 10.2. The highest BCUT2D eigenvalue weighted by molar-refractivity contribution is 5.09. The van der Waals surface area contributed by atoms with Crippen LogP contribution in [0.15, 0.2) is 0 Å². The zero-order valence-electron chi connectivity index (χ0n) is 10.0. The number of aliphatic hydroxyl groups is 1. The van der Waals surface area contributed by atoms with Gasteiger partial charge in [-0.1, -0.05) is 39.5 Å². The predicted octanol–water partition coefficient (Wildman–Crippen LogP) is 2.89. The molecule has 1 aliphatic carbocycles. The van der Waals surface area contributed by atoms with Crippen LogP contribution in [0.3, 0.4) is 0 Å². The van der Waals surface area contributed by atoms with Gasteiger partial charge in [0.05, 0.1) is 12.2 Å². The van der Waals surface area contributed by atoms with E-state index in [0.29, 0.717) is 6.10 Å². The van der Waals surface area contributed by atoms with Crippen LogP contribution < -0.4 is 0 Å². The van der Waals surface area contributed by atoms with Gasteiger partial charge in [-0.3, -0.25) is 0 Å². The van der Waals surface area contributed by atoms with E-state index >= 15 is 0 Å². The van der Waals surface area contributed by atoms with Crippen molar-refractivity contribution < 1.29 is 9.84 Å². The second-order valence-electron chi connectivity index (χ2n) is 5.65. The Morgan fingerprint density at radius 2 is 2.13 bits per heavy atom. The molecule has 0 bridgehead atoms. The van der Waals surface area contributed by atoms with Crippen LogP contribution in [0.25, 0.3) is 0 Å². The lowest BCUT2D eigenvalue weighted by Gasteiger charge is -2.23. The minimum absolute atomic E-state index is 0.102. The summed E-state index contributed by atoms with van der Waals surface area (Å²) in [4.78, 5) is 0. The molecule has 0 spiro atoms. The summed E-state index contributed by atoms with van der Waals surface area (Å²) in [5.41, 5.74) is -0.102. The highest BCUT2D eigenvalue weighted by Crippen LogP contribution is 2.51. The molecule has 2 rings (SSSR count). The number of hydrogen-bond acceptors (Lipinski definition) is 2. The normalized spacial score (nSPS) is 36.4. The van der Waals surface area contributed by atoms with Crippen LogP contribution in [0.1, 0.15) is 58.8 Å². The van der Waals surface area contributed by atoms with Gasteiger partial charge in [-0.05, 0) is 25.2 Å². The van der Waals surface area contributed by atoms with Crippen LogP contribution in [-0.4, -0.2) is 22.9 Å². The summed E-state index contributed by atoms with van der Waals surface area (Å²) in [6, 6.07) is 0. The van der Waals surface area contributed by atoms with Crippen molar-refractivity contribution in [1.29, 1.82) is 0 Å². The van der Waals surface area contributed by atoms with E-state index in [0.717, 1.165) is 25.2 Å². The average molecular weight is 212 g/mol. The van der Waals surface area contributed by atoms with Gasteiger partial charge in [-0.15, -0.1) is 0 Å². The first-order valence-corrected chi connectivity index (χ1v) is 6.51. The molecule has 2 heteroatoms. The van der Waals surface area contributed by atoms with Crippen molar-refractivity contribution in [3.8, 4) is 0 Å². The molecule has 0 aromatic rings. The van der Waals surface area contributed by atoms with Gasteiger partial charge < -0.3 is 9.84 Å². The fourth-order valence-electron chi connectivity index (χ4n) is 2.91. The first-order valence-electron chi connectivity index (χ1n) is 6.51. The maximum absolute atomic E-state index is 10.2. The van der Waals surface area contributed by atoms with Crippen molar-refractivity contribution in [1.82, 2.24) is 0 Å². The molecule has 0 aromatic carbocycles. The molecular weight excluding hydrogens is 188 g/mol. The molecule has 0 aromatic heterocycles. The SMILES string of the molecule is CC(C)CCCC(O)C12CCCCC1O2. The van der Waals surface area contributed by atoms with E-state index in [1.165, 1.54) is 25.7 Å². The maximum atomic E-state index is 10.2. The summed E-state index contributed by atoms with van der Waals surface area (Å²) >= 11 is 0. The van der Waals surface area contributed by atoms with E-state index in [-0.39, 0.29) is 11.7 Å². The summed E-state index contributed by atoms with van der Waals surface area (Å²) in [7, 11) is 0. The summed E-state index contributed by atoms with van der Waals surface area (Å²) < 4.78 is 5.73. The molecule has 0 radical (unpaired) electrons. The number of aliphatic hydroxyl groups excluding tert-OH is 1. The Kier molecular flexibility index (Phi) is 3.36.